The van der Waals surface area contributed by atoms with Crippen LogP contribution in [0.1, 0.15) is 22.0 Å². The fourth-order valence-electron chi connectivity index (χ4n) is 2.13. The SMILES string of the molecule is C=CCN(CC=C)C(=O)COC(=O)c1nc2nc(C)cc(C)n2n1. The topological polar surface area (TPSA) is 89.7 Å². The second-order valence-electron chi connectivity index (χ2n) is 5.14. The molecule has 0 bridgehead atoms. The Balaban J connectivity index is 2.07. The van der Waals surface area contributed by atoms with Gasteiger partial charge in [0.15, 0.2) is 6.61 Å². The summed E-state index contributed by atoms with van der Waals surface area (Å²) in [6, 6.07) is 1.82. The molecule has 2 aromatic rings. The lowest BCUT2D eigenvalue weighted by Crippen LogP contribution is -2.35. The maximum absolute atomic E-state index is 12.1. The van der Waals surface area contributed by atoms with Crippen LogP contribution in [-0.4, -0.2) is 56.1 Å². The molecule has 0 aliphatic carbocycles. The van der Waals surface area contributed by atoms with E-state index in [0.29, 0.717) is 18.9 Å². The molecule has 0 aliphatic rings. The first kappa shape index (κ1) is 17.3. The first-order valence-corrected chi connectivity index (χ1v) is 7.34. The molecule has 0 spiro atoms. The van der Waals surface area contributed by atoms with Gasteiger partial charge >= 0.3 is 5.97 Å². The third-order valence-corrected chi connectivity index (χ3v) is 3.18. The highest BCUT2D eigenvalue weighted by Gasteiger charge is 2.19. The lowest BCUT2D eigenvalue weighted by molar-refractivity contribution is -0.133. The molecule has 8 heteroatoms. The number of esters is 1. The summed E-state index contributed by atoms with van der Waals surface area (Å²) in [4.78, 5) is 33.8. The monoisotopic (exact) mass is 329 g/mol. The molecule has 2 aromatic heterocycles. The largest absolute Gasteiger partial charge is 0.450 e. The third kappa shape index (κ3) is 3.83. The standard InChI is InChI=1S/C16H19N5O3/c1-5-7-20(8-6-2)13(22)10-24-15(23)14-18-16-17-11(3)9-12(4)21(16)19-14/h5-6,9H,1-2,7-8,10H2,3-4H3. The minimum atomic E-state index is -0.775. The lowest BCUT2D eigenvalue weighted by Gasteiger charge is -2.18. The molecule has 8 nitrogen and oxygen atoms in total. The lowest BCUT2D eigenvalue weighted by atomic mass is 10.4. The first-order chi connectivity index (χ1) is 11.5. The van der Waals surface area contributed by atoms with Crippen LogP contribution in [0.3, 0.4) is 0 Å². The van der Waals surface area contributed by atoms with E-state index in [1.807, 2.05) is 19.9 Å². The molecule has 2 heterocycles. The van der Waals surface area contributed by atoms with Gasteiger partial charge < -0.3 is 9.64 Å². The zero-order valence-electron chi connectivity index (χ0n) is 13.7. The Kier molecular flexibility index (Phi) is 5.41. The van der Waals surface area contributed by atoms with Gasteiger partial charge in [0.2, 0.25) is 0 Å². The highest BCUT2D eigenvalue weighted by atomic mass is 16.5. The van der Waals surface area contributed by atoms with Crippen LogP contribution in [0.4, 0.5) is 0 Å². The van der Waals surface area contributed by atoms with Gasteiger partial charge in [0, 0.05) is 24.5 Å². The van der Waals surface area contributed by atoms with Gasteiger partial charge in [-0.1, -0.05) is 12.2 Å². The number of rotatable bonds is 7. The van der Waals surface area contributed by atoms with Crippen molar-refractivity contribution in [3.05, 3.63) is 48.6 Å². The minimum absolute atomic E-state index is 0.136. The van der Waals surface area contributed by atoms with Gasteiger partial charge in [-0.25, -0.2) is 14.3 Å². The summed E-state index contributed by atoms with van der Waals surface area (Å²) in [7, 11) is 0. The van der Waals surface area contributed by atoms with Crippen LogP contribution in [0.2, 0.25) is 0 Å². The average Bonchev–Trinajstić information content (AvgIpc) is 2.96. The minimum Gasteiger partial charge on any atom is -0.450 e. The van der Waals surface area contributed by atoms with Crippen molar-refractivity contribution in [2.24, 2.45) is 0 Å². The fraction of sp³-hybridized carbons (Fsp3) is 0.312. The van der Waals surface area contributed by atoms with Gasteiger partial charge in [-0.15, -0.1) is 18.3 Å². The predicted molar refractivity (Wildman–Crippen MR) is 87.5 cm³/mol. The van der Waals surface area contributed by atoms with Crippen LogP contribution < -0.4 is 0 Å². The van der Waals surface area contributed by atoms with Crippen LogP contribution >= 0.6 is 0 Å². The Morgan fingerprint density at radius 2 is 1.92 bits per heavy atom. The molecule has 0 atom stereocenters. The van der Waals surface area contributed by atoms with Crippen molar-refractivity contribution in [2.45, 2.75) is 13.8 Å². The summed E-state index contributed by atoms with van der Waals surface area (Å²) in [5.74, 6) is -0.950. The van der Waals surface area contributed by atoms with Crippen LogP contribution in [0, 0.1) is 13.8 Å². The Bertz CT molecular complexity index is 786. The summed E-state index contributed by atoms with van der Waals surface area (Å²) in [5.41, 5.74) is 1.57. The van der Waals surface area contributed by atoms with Crippen molar-refractivity contribution in [2.75, 3.05) is 19.7 Å². The third-order valence-electron chi connectivity index (χ3n) is 3.18. The van der Waals surface area contributed by atoms with Crippen molar-refractivity contribution in [1.82, 2.24) is 24.5 Å². The van der Waals surface area contributed by atoms with Crippen molar-refractivity contribution < 1.29 is 14.3 Å². The van der Waals surface area contributed by atoms with Gasteiger partial charge in [-0.2, -0.15) is 4.98 Å². The maximum atomic E-state index is 12.1. The second kappa shape index (κ2) is 7.49. The molecule has 0 unspecified atom stereocenters. The number of ether oxygens (including phenoxy) is 1. The van der Waals surface area contributed by atoms with Gasteiger partial charge in [-0.05, 0) is 19.9 Å². The van der Waals surface area contributed by atoms with Gasteiger partial charge in [-0.3, -0.25) is 4.79 Å². The number of carbonyl (C=O) groups is 2. The number of fused-ring (bicyclic) bond motifs is 1. The molecule has 24 heavy (non-hydrogen) atoms. The maximum Gasteiger partial charge on any atom is 0.378 e. The number of amides is 1. The molecule has 0 saturated carbocycles. The quantitative estimate of drug-likeness (QED) is 0.558. The zero-order chi connectivity index (χ0) is 17.7. The molecule has 126 valence electrons. The molecule has 0 radical (unpaired) electrons. The molecule has 0 saturated heterocycles. The normalized spacial score (nSPS) is 10.4. The Labute approximate surface area is 139 Å². The Hall–Kier alpha value is -3.03. The molecular weight excluding hydrogens is 310 g/mol. The Morgan fingerprint density at radius 1 is 1.25 bits per heavy atom. The molecule has 0 aliphatic heterocycles. The van der Waals surface area contributed by atoms with Crippen LogP contribution in [0.15, 0.2) is 31.4 Å². The van der Waals surface area contributed by atoms with E-state index in [4.69, 9.17) is 4.74 Å². The number of nitrogens with zero attached hydrogens (tertiary/aromatic N) is 5. The van der Waals surface area contributed by atoms with E-state index in [2.05, 4.69) is 28.2 Å². The second-order valence-corrected chi connectivity index (χ2v) is 5.14. The van der Waals surface area contributed by atoms with E-state index in [1.165, 1.54) is 9.42 Å². The molecular formula is C16H19N5O3. The highest BCUT2D eigenvalue weighted by Crippen LogP contribution is 2.06. The fourth-order valence-corrected chi connectivity index (χ4v) is 2.13. The van der Waals surface area contributed by atoms with E-state index in [9.17, 15) is 9.59 Å². The van der Waals surface area contributed by atoms with Crippen molar-refractivity contribution in [1.29, 1.82) is 0 Å². The molecule has 2 rings (SSSR count). The molecule has 0 N–H and O–H groups in total. The highest BCUT2D eigenvalue weighted by molar-refractivity contribution is 5.88. The summed E-state index contributed by atoms with van der Waals surface area (Å²) >= 11 is 0. The molecule has 0 aromatic carbocycles. The number of hydrogen-bond acceptors (Lipinski definition) is 6. The van der Waals surface area contributed by atoms with Crippen LogP contribution in [-0.2, 0) is 9.53 Å². The number of aryl methyl sites for hydroxylation is 2. The number of carbonyl (C=O) groups excluding carboxylic acids is 2. The molecule has 1 amide bonds. The van der Waals surface area contributed by atoms with E-state index >= 15 is 0 Å². The van der Waals surface area contributed by atoms with Gasteiger partial charge in [0.25, 0.3) is 17.5 Å². The summed E-state index contributed by atoms with van der Waals surface area (Å²) in [6.07, 6.45) is 3.17. The number of hydrogen-bond donors (Lipinski definition) is 0. The first-order valence-electron chi connectivity index (χ1n) is 7.34. The number of aromatic nitrogens is 4. The van der Waals surface area contributed by atoms with Crippen molar-refractivity contribution >= 4 is 17.7 Å². The van der Waals surface area contributed by atoms with E-state index < -0.39 is 12.6 Å². The molecule has 0 fully saturated rings. The van der Waals surface area contributed by atoms with E-state index in [-0.39, 0.29) is 11.7 Å². The van der Waals surface area contributed by atoms with Crippen molar-refractivity contribution in [3.63, 3.8) is 0 Å². The summed E-state index contributed by atoms with van der Waals surface area (Å²) in [5, 5.41) is 4.06. The van der Waals surface area contributed by atoms with Crippen molar-refractivity contribution in [3.8, 4) is 0 Å². The zero-order valence-corrected chi connectivity index (χ0v) is 13.7. The average molecular weight is 329 g/mol. The predicted octanol–water partition coefficient (Wildman–Crippen LogP) is 1.10. The van der Waals surface area contributed by atoms with Gasteiger partial charge in [0.1, 0.15) is 0 Å². The summed E-state index contributed by atoms with van der Waals surface area (Å²) < 4.78 is 6.45. The van der Waals surface area contributed by atoms with Gasteiger partial charge in [0.05, 0.1) is 0 Å². The van der Waals surface area contributed by atoms with E-state index in [1.54, 1.807) is 12.2 Å². The smallest absolute Gasteiger partial charge is 0.378 e. The van der Waals surface area contributed by atoms with Crippen LogP contribution in [0.25, 0.3) is 5.78 Å². The Morgan fingerprint density at radius 3 is 2.54 bits per heavy atom. The van der Waals surface area contributed by atoms with E-state index in [0.717, 1.165) is 11.4 Å². The summed E-state index contributed by atoms with van der Waals surface area (Å²) in [6.45, 7) is 11.1. The van der Waals surface area contributed by atoms with Crippen LogP contribution in [0.5, 0.6) is 0 Å².